The Balaban J connectivity index is 0. The van der Waals surface area contributed by atoms with Crippen LogP contribution in [0.1, 0.15) is 6.92 Å². The van der Waals surface area contributed by atoms with Crippen molar-refractivity contribution in [2.75, 3.05) is 0 Å². The number of hydrogen-bond acceptors (Lipinski definition) is 1. The Morgan fingerprint density at radius 2 is 1.75 bits per heavy atom. The number of aliphatic hydroxyl groups excluding tert-OH is 1. The molecule has 0 spiro atoms. The number of aliphatic hydroxyl groups is 1. The van der Waals surface area contributed by atoms with Gasteiger partial charge in [0.1, 0.15) is 0 Å². The van der Waals surface area contributed by atoms with Gasteiger partial charge in [-0.2, -0.15) is 6.92 Å². The van der Waals surface area contributed by atoms with Crippen LogP contribution in [-0.4, -0.2) is 5.11 Å². The van der Waals surface area contributed by atoms with Crippen LogP contribution in [0.4, 0.5) is 0 Å². The summed E-state index contributed by atoms with van der Waals surface area (Å²) in [6.45, 7) is 2.56. The Hall–Kier alpha value is 0.466. The van der Waals surface area contributed by atoms with Gasteiger partial charge in [0.2, 0.25) is 0 Å². The van der Waals surface area contributed by atoms with Gasteiger partial charge in [-0.3, -0.25) is 0 Å². The third kappa shape index (κ3) is 24.4. The Morgan fingerprint density at radius 3 is 1.75 bits per heavy atom. The topological polar surface area (TPSA) is 20.2 Å². The minimum atomic E-state index is 0. The van der Waals surface area contributed by atoms with E-state index in [-0.39, 0.29) is 16.8 Å². The molecule has 0 aliphatic rings. The summed E-state index contributed by atoms with van der Waals surface area (Å²) < 4.78 is 0. The quantitative estimate of drug-likeness (QED) is 0.444. The van der Waals surface area contributed by atoms with Crippen molar-refractivity contribution in [3.8, 4) is 0 Å². The van der Waals surface area contributed by atoms with Crippen LogP contribution < -0.4 is 0 Å². The Kier molecular flexibility index (Phi) is 21.6. The maximum atomic E-state index is 7.44. The Morgan fingerprint density at radius 1 is 1.75 bits per heavy atom. The molecular formula is C2H5CoO-. The molecule has 0 saturated heterocycles. The molecule has 1 radical (unpaired) electrons. The predicted molar refractivity (Wildman–Crippen MR) is 11.9 cm³/mol. The second kappa shape index (κ2) is 9.81. The standard InChI is InChI=1S/C2H5O.Co/c1-2-3;/h2-3H,1H3;/q-1;. The zero-order chi connectivity index (χ0) is 2.71. The van der Waals surface area contributed by atoms with Crippen LogP contribution in [0.2, 0.25) is 0 Å². The molecule has 0 aromatic heterocycles. The summed E-state index contributed by atoms with van der Waals surface area (Å²) >= 11 is 0. The van der Waals surface area contributed by atoms with Crippen molar-refractivity contribution in [1.29, 1.82) is 0 Å². The summed E-state index contributed by atoms with van der Waals surface area (Å²) in [5, 5.41) is 7.44. The molecule has 0 amide bonds. The minimum Gasteiger partial charge on any atom is -0.566 e. The number of hydrogen-bond donors (Lipinski definition) is 1. The third-order valence-corrected chi connectivity index (χ3v) is 0. The van der Waals surface area contributed by atoms with Gasteiger partial charge in [0, 0.05) is 16.8 Å². The van der Waals surface area contributed by atoms with Gasteiger partial charge in [0.05, 0.1) is 0 Å². The van der Waals surface area contributed by atoms with E-state index in [9.17, 15) is 0 Å². The smallest absolute Gasteiger partial charge is 0 e. The molecule has 1 nitrogen and oxygen atoms in total. The normalized spacial score (nSPS) is 4.50. The average Bonchev–Trinajstić information content (AvgIpc) is 0.918. The van der Waals surface area contributed by atoms with Crippen molar-refractivity contribution in [2.45, 2.75) is 6.92 Å². The molecule has 0 unspecified atom stereocenters. The predicted octanol–water partition coefficient (Wildman–Crippen LogP) is 0.538. The van der Waals surface area contributed by atoms with Crippen LogP contribution in [0.3, 0.4) is 0 Å². The summed E-state index contributed by atoms with van der Waals surface area (Å²) in [6.07, 6.45) is 0. The van der Waals surface area contributed by atoms with Gasteiger partial charge in [-0.1, -0.05) is 0 Å². The van der Waals surface area contributed by atoms with E-state index in [1.54, 1.807) is 6.92 Å². The molecule has 0 bridgehead atoms. The first-order valence-corrected chi connectivity index (χ1v) is 0.836. The van der Waals surface area contributed by atoms with Crippen LogP contribution >= 0.6 is 0 Å². The number of rotatable bonds is 0. The average molecular weight is 104 g/mol. The second-order valence-electron chi connectivity index (χ2n) is 0.258. The van der Waals surface area contributed by atoms with Gasteiger partial charge in [-0.25, -0.2) is 6.61 Å². The van der Waals surface area contributed by atoms with E-state index in [1.807, 2.05) is 0 Å². The van der Waals surface area contributed by atoms with Crippen molar-refractivity contribution in [3.63, 3.8) is 0 Å². The molecule has 0 saturated carbocycles. The van der Waals surface area contributed by atoms with Gasteiger partial charge in [-0.05, 0) is 0 Å². The fraction of sp³-hybridized carbons (Fsp3) is 0.500. The van der Waals surface area contributed by atoms with Crippen molar-refractivity contribution in [1.82, 2.24) is 0 Å². The summed E-state index contributed by atoms with van der Waals surface area (Å²) in [5.74, 6) is 0. The van der Waals surface area contributed by atoms with Gasteiger partial charge in [0.15, 0.2) is 0 Å². The van der Waals surface area contributed by atoms with Gasteiger partial charge in [-0.15, -0.1) is 0 Å². The molecule has 0 aliphatic heterocycles. The minimum absolute atomic E-state index is 0. The SMILES string of the molecule is C[CH-]O.[Co]. The van der Waals surface area contributed by atoms with Crippen LogP contribution in [0.25, 0.3) is 0 Å². The summed E-state index contributed by atoms with van der Waals surface area (Å²) in [5.41, 5.74) is 0. The molecule has 29 valence electrons. The van der Waals surface area contributed by atoms with Crippen LogP contribution in [0.15, 0.2) is 0 Å². The monoisotopic (exact) mass is 104 g/mol. The third-order valence-electron chi connectivity index (χ3n) is 0. The van der Waals surface area contributed by atoms with Crippen molar-refractivity contribution < 1.29 is 21.9 Å². The summed E-state index contributed by atoms with van der Waals surface area (Å²) in [6, 6.07) is 0. The van der Waals surface area contributed by atoms with E-state index in [1.165, 1.54) is 0 Å². The fourth-order valence-electron chi connectivity index (χ4n) is 0. The van der Waals surface area contributed by atoms with E-state index in [4.69, 9.17) is 5.11 Å². The first-order chi connectivity index (χ1) is 1.41. The van der Waals surface area contributed by atoms with Gasteiger partial charge >= 0.3 is 0 Å². The first-order valence-electron chi connectivity index (χ1n) is 0.836. The molecule has 2 heteroatoms. The maximum absolute atomic E-state index is 7.44. The van der Waals surface area contributed by atoms with Crippen LogP contribution in [0.5, 0.6) is 0 Å². The summed E-state index contributed by atoms with van der Waals surface area (Å²) in [4.78, 5) is 0. The molecule has 1 N–H and O–H groups in total. The fourth-order valence-corrected chi connectivity index (χ4v) is 0. The van der Waals surface area contributed by atoms with E-state index >= 15 is 0 Å². The first kappa shape index (κ1) is 8.82. The van der Waals surface area contributed by atoms with Gasteiger partial charge < -0.3 is 5.11 Å². The second-order valence-corrected chi connectivity index (χ2v) is 0.258. The Bertz CT molecular complexity index is 6.00. The van der Waals surface area contributed by atoms with E-state index in [0.29, 0.717) is 0 Å². The zero-order valence-electron chi connectivity index (χ0n) is 2.36. The molecule has 0 heterocycles. The van der Waals surface area contributed by atoms with Gasteiger partial charge in [0.25, 0.3) is 0 Å². The zero-order valence-corrected chi connectivity index (χ0v) is 3.40. The molecule has 0 aromatic carbocycles. The largest absolute Gasteiger partial charge is 0.566 e. The van der Waals surface area contributed by atoms with Crippen LogP contribution in [-0.2, 0) is 16.8 Å². The van der Waals surface area contributed by atoms with Crippen molar-refractivity contribution in [2.24, 2.45) is 0 Å². The Labute approximate surface area is 36.2 Å². The van der Waals surface area contributed by atoms with Crippen molar-refractivity contribution in [3.05, 3.63) is 6.61 Å². The molecule has 0 atom stereocenters. The van der Waals surface area contributed by atoms with Crippen LogP contribution in [0, 0.1) is 6.61 Å². The molecule has 0 rings (SSSR count). The van der Waals surface area contributed by atoms with Crippen molar-refractivity contribution >= 4 is 0 Å². The molecule has 0 aromatic rings. The molecule has 0 aliphatic carbocycles. The maximum Gasteiger partial charge on any atom is 0 e. The molecular weight excluding hydrogens is 99.0 g/mol. The molecule has 0 fully saturated rings. The van der Waals surface area contributed by atoms with E-state index < -0.39 is 0 Å². The summed E-state index contributed by atoms with van der Waals surface area (Å²) in [7, 11) is 0. The molecule has 4 heavy (non-hydrogen) atoms. The van der Waals surface area contributed by atoms with E-state index in [0.717, 1.165) is 6.61 Å². The van der Waals surface area contributed by atoms with E-state index in [2.05, 4.69) is 0 Å².